The standard InChI is InChI=1S/C18H16F3NO2/c19-18(20,21)17(23)22-6-1-2-14-15-8-11(13-5-7-24-10-13)3-4-12(15)9-16(14)22/h3-5,7-8,10,14,16H,1-2,6,9H2/t14-,16+/m0/s1. The molecule has 1 aliphatic carbocycles. The highest BCUT2D eigenvalue weighted by atomic mass is 19.4. The van der Waals surface area contributed by atoms with Gasteiger partial charge in [-0.2, -0.15) is 13.2 Å². The predicted molar refractivity (Wildman–Crippen MR) is 81.4 cm³/mol. The van der Waals surface area contributed by atoms with Crippen LogP contribution in [0.1, 0.15) is 29.9 Å². The average molecular weight is 335 g/mol. The van der Waals surface area contributed by atoms with E-state index in [0.29, 0.717) is 12.8 Å². The van der Waals surface area contributed by atoms with Crippen molar-refractivity contribution in [2.75, 3.05) is 6.54 Å². The van der Waals surface area contributed by atoms with Crippen molar-refractivity contribution < 1.29 is 22.4 Å². The van der Waals surface area contributed by atoms with Crippen molar-refractivity contribution >= 4 is 5.91 Å². The Labute approximate surface area is 137 Å². The molecule has 1 saturated heterocycles. The maximum Gasteiger partial charge on any atom is 0.471 e. The first-order chi connectivity index (χ1) is 11.4. The van der Waals surface area contributed by atoms with Crippen molar-refractivity contribution in [1.82, 2.24) is 4.90 Å². The third-order valence-corrected chi connectivity index (χ3v) is 5.11. The number of hydrogen-bond donors (Lipinski definition) is 0. The van der Waals surface area contributed by atoms with Crippen molar-refractivity contribution in [2.24, 2.45) is 0 Å². The monoisotopic (exact) mass is 335 g/mol. The van der Waals surface area contributed by atoms with Gasteiger partial charge in [-0.05, 0) is 42.0 Å². The Morgan fingerprint density at radius 2 is 2.04 bits per heavy atom. The number of amides is 1. The van der Waals surface area contributed by atoms with E-state index < -0.39 is 12.1 Å². The molecule has 2 atom stereocenters. The summed E-state index contributed by atoms with van der Waals surface area (Å²) in [6.45, 7) is 0.183. The highest BCUT2D eigenvalue weighted by Gasteiger charge is 2.49. The van der Waals surface area contributed by atoms with Crippen molar-refractivity contribution in [2.45, 2.75) is 37.4 Å². The molecule has 0 radical (unpaired) electrons. The molecule has 0 saturated carbocycles. The normalized spacial score (nSPS) is 23.0. The summed E-state index contributed by atoms with van der Waals surface area (Å²) < 4.78 is 43.7. The van der Waals surface area contributed by atoms with Crippen molar-refractivity contribution in [1.29, 1.82) is 0 Å². The summed E-state index contributed by atoms with van der Waals surface area (Å²) >= 11 is 0. The molecule has 126 valence electrons. The van der Waals surface area contributed by atoms with Crippen molar-refractivity contribution in [3.8, 4) is 11.1 Å². The first-order valence-electron chi connectivity index (χ1n) is 7.98. The summed E-state index contributed by atoms with van der Waals surface area (Å²) in [6, 6.07) is 7.42. The molecule has 0 N–H and O–H groups in total. The predicted octanol–water partition coefficient (Wildman–Crippen LogP) is 4.14. The van der Waals surface area contributed by atoms with Crippen molar-refractivity contribution in [3.63, 3.8) is 0 Å². The number of hydrogen-bond acceptors (Lipinski definition) is 2. The molecule has 0 spiro atoms. The van der Waals surface area contributed by atoms with Gasteiger partial charge in [0.25, 0.3) is 0 Å². The van der Waals surface area contributed by atoms with E-state index in [4.69, 9.17) is 4.42 Å². The van der Waals surface area contributed by atoms with E-state index in [1.54, 1.807) is 12.5 Å². The van der Waals surface area contributed by atoms with Gasteiger partial charge in [-0.25, -0.2) is 0 Å². The van der Waals surface area contributed by atoms with Crippen LogP contribution in [-0.2, 0) is 11.2 Å². The third-order valence-electron chi connectivity index (χ3n) is 5.11. The molecule has 1 aromatic heterocycles. The van der Waals surface area contributed by atoms with Crippen LogP contribution in [0.3, 0.4) is 0 Å². The number of halogens is 3. The van der Waals surface area contributed by atoms with Gasteiger partial charge in [-0.15, -0.1) is 0 Å². The zero-order valence-electron chi connectivity index (χ0n) is 12.8. The van der Waals surface area contributed by atoms with Crippen LogP contribution in [0.4, 0.5) is 13.2 Å². The van der Waals surface area contributed by atoms with Crippen LogP contribution in [0.2, 0.25) is 0 Å². The van der Waals surface area contributed by atoms with Crippen molar-refractivity contribution in [3.05, 3.63) is 47.9 Å². The van der Waals surface area contributed by atoms with E-state index in [2.05, 4.69) is 0 Å². The van der Waals surface area contributed by atoms with E-state index in [-0.39, 0.29) is 18.5 Å². The highest BCUT2D eigenvalue weighted by Crippen LogP contribution is 2.44. The second kappa shape index (κ2) is 5.40. The Morgan fingerprint density at radius 3 is 2.75 bits per heavy atom. The van der Waals surface area contributed by atoms with Gasteiger partial charge in [0, 0.05) is 24.1 Å². The number of piperidine rings is 1. The zero-order chi connectivity index (χ0) is 16.9. The number of carbonyl (C=O) groups is 1. The second-order valence-electron chi connectivity index (χ2n) is 6.44. The summed E-state index contributed by atoms with van der Waals surface area (Å²) in [5.74, 6) is -1.73. The smallest absolute Gasteiger partial charge is 0.471 e. The highest BCUT2D eigenvalue weighted by molar-refractivity contribution is 5.82. The van der Waals surface area contributed by atoms with Crippen LogP contribution in [0.25, 0.3) is 11.1 Å². The Morgan fingerprint density at radius 1 is 1.21 bits per heavy atom. The number of benzene rings is 1. The minimum Gasteiger partial charge on any atom is -0.472 e. The van der Waals surface area contributed by atoms with E-state index in [0.717, 1.165) is 33.6 Å². The van der Waals surface area contributed by atoms with Gasteiger partial charge < -0.3 is 9.32 Å². The number of fused-ring (bicyclic) bond motifs is 3. The molecule has 1 aromatic carbocycles. The van der Waals surface area contributed by atoms with Gasteiger partial charge in [-0.3, -0.25) is 4.79 Å². The third kappa shape index (κ3) is 2.41. The van der Waals surface area contributed by atoms with E-state index in [1.807, 2.05) is 24.3 Å². The van der Waals surface area contributed by atoms with Gasteiger partial charge in [0.1, 0.15) is 0 Å². The maximum atomic E-state index is 12.9. The Balaban J connectivity index is 1.67. The van der Waals surface area contributed by atoms with Gasteiger partial charge in [0.05, 0.1) is 12.5 Å². The van der Waals surface area contributed by atoms with E-state index >= 15 is 0 Å². The number of alkyl halides is 3. The van der Waals surface area contributed by atoms with Crippen LogP contribution >= 0.6 is 0 Å². The minimum absolute atomic E-state index is 0.0214. The second-order valence-corrected chi connectivity index (χ2v) is 6.44. The number of carbonyl (C=O) groups excluding carboxylic acids is 1. The fraction of sp³-hybridized carbons (Fsp3) is 0.389. The molecule has 6 heteroatoms. The van der Waals surface area contributed by atoms with Gasteiger partial charge in [0.2, 0.25) is 0 Å². The molecule has 0 bridgehead atoms. The Bertz CT molecular complexity index is 767. The molecule has 4 rings (SSSR count). The largest absolute Gasteiger partial charge is 0.472 e. The molecule has 24 heavy (non-hydrogen) atoms. The molecule has 3 nitrogen and oxygen atoms in total. The lowest BCUT2D eigenvalue weighted by Crippen LogP contribution is -2.51. The summed E-state index contributed by atoms with van der Waals surface area (Å²) in [5.41, 5.74) is 4.04. The average Bonchev–Trinajstić information content (AvgIpc) is 3.20. The number of furan rings is 1. The molecule has 0 unspecified atom stereocenters. The summed E-state index contributed by atoms with van der Waals surface area (Å²) in [4.78, 5) is 12.8. The van der Waals surface area contributed by atoms with Crippen LogP contribution in [0.5, 0.6) is 0 Å². The minimum atomic E-state index is -4.81. The van der Waals surface area contributed by atoms with Gasteiger partial charge in [-0.1, -0.05) is 18.2 Å². The lowest BCUT2D eigenvalue weighted by atomic mass is 9.87. The number of likely N-dealkylation sites (tertiary alicyclic amines) is 1. The molecular weight excluding hydrogens is 319 g/mol. The Hall–Kier alpha value is -2.24. The Kier molecular flexibility index (Phi) is 3.44. The molecule has 1 aliphatic heterocycles. The molecule has 1 amide bonds. The molecule has 2 aromatic rings. The molecule has 2 aliphatic rings. The zero-order valence-corrected chi connectivity index (χ0v) is 12.8. The first kappa shape index (κ1) is 15.3. The SMILES string of the molecule is O=C(N1CCC[C@H]2c3cc(-c4ccoc4)ccc3C[C@H]21)C(F)(F)F. The van der Waals surface area contributed by atoms with Gasteiger partial charge >= 0.3 is 12.1 Å². The summed E-state index contributed by atoms with van der Waals surface area (Å²) in [7, 11) is 0. The van der Waals surface area contributed by atoms with E-state index in [9.17, 15) is 18.0 Å². The molecular formula is C18H16F3NO2. The van der Waals surface area contributed by atoms with Crippen LogP contribution < -0.4 is 0 Å². The van der Waals surface area contributed by atoms with E-state index in [1.165, 1.54) is 0 Å². The summed E-state index contributed by atoms with van der Waals surface area (Å²) in [6.07, 6.45) is 0.336. The number of nitrogens with zero attached hydrogens (tertiary/aromatic N) is 1. The lowest BCUT2D eigenvalue weighted by Gasteiger charge is -2.38. The number of rotatable bonds is 1. The molecule has 2 heterocycles. The van der Waals surface area contributed by atoms with Gasteiger partial charge in [0.15, 0.2) is 0 Å². The maximum absolute atomic E-state index is 12.9. The summed E-state index contributed by atoms with van der Waals surface area (Å²) in [5, 5.41) is 0. The van der Waals surface area contributed by atoms with Crippen LogP contribution in [-0.4, -0.2) is 29.6 Å². The first-order valence-corrected chi connectivity index (χ1v) is 7.98. The lowest BCUT2D eigenvalue weighted by molar-refractivity contribution is -0.189. The fourth-order valence-corrected chi connectivity index (χ4v) is 4.05. The fourth-order valence-electron chi connectivity index (χ4n) is 4.05. The van der Waals surface area contributed by atoms with Crippen LogP contribution in [0, 0.1) is 0 Å². The molecule has 1 fully saturated rings. The quantitative estimate of drug-likeness (QED) is 0.785. The topological polar surface area (TPSA) is 33.5 Å². The van der Waals surface area contributed by atoms with Crippen LogP contribution in [0.15, 0.2) is 41.2 Å².